The predicted molar refractivity (Wildman–Crippen MR) is 101 cm³/mol. The summed E-state index contributed by atoms with van der Waals surface area (Å²) in [5, 5.41) is 11.0. The highest BCUT2D eigenvalue weighted by Gasteiger charge is 2.61. The summed E-state index contributed by atoms with van der Waals surface area (Å²) in [5.74, 6) is 2.17. The second-order valence-electron chi connectivity index (χ2n) is 8.68. The maximum Gasteiger partial charge on any atom is 0.155 e. The van der Waals surface area contributed by atoms with E-state index in [1.54, 1.807) is 0 Å². The molecule has 0 heterocycles. The minimum atomic E-state index is -0.369. The minimum Gasteiger partial charge on any atom is -0.391 e. The van der Waals surface area contributed by atoms with Crippen LogP contribution < -0.4 is 0 Å². The summed E-state index contributed by atoms with van der Waals surface area (Å²) in [7, 11) is 0. The number of rotatable bonds is 2. The molecule has 0 bridgehead atoms. The fourth-order valence-corrected chi connectivity index (χ4v) is 7.59. The van der Waals surface area contributed by atoms with Crippen molar-refractivity contribution in [2.45, 2.75) is 64.4 Å². The molecule has 4 unspecified atom stereocenters. The van der Waals surface area contributed by atoms with Gasteiger partial charge in [-0.3, -0.25) is 9.59 Å². The van der Waals surface area contributed by atoms with Gasteiger partial charge in [-0.1, -0.05) is 35.1 Å². The summed E-state index contributed by atoms with van der Waals surface area (Å²) < 4.78 is 0.716. The third kappa shape index (κ3) is 2.17. The molecular weight excluding hydrogens is 415 g/mol. The lowest BCUT2D eigenvalue weighted by Gasteiger charge is -2.59. The van der Waals surface area contributed by atoms with Crippen LogP contribution in [-0.4, -0.2) is 27.2 Å². The van der Waals surface area contributed by atoms with Crippen molar-refractivity contribution in [3.63, 3.8) is 0 Å². The van der Waals surface area contributed by atoms with E-state index in [1.165, 1.54) is 5.57 Å². The zero-order valence-corrected chi connectivity index (χ0v) is 16.5. The molecule has 132 valence electrons. The third-order valence-electron chi connectivity index (χ3n) is 8.01. The highest BCUT2D eigenvalue weighted by atomic mass is 127. The van der Waals surface area contributed by atoms with E-state index in [0.717, 1.165) is 44.9 Å². The van der Waals surface area contributed by atoms with Crippen LogP contribution >= 0.6 is 22.6 Å². The first-order chi connectivity index (χ1) is 11.4. The Hall–Kier alpha value is -0.230. The lowest BCUT2D eigenvalue weighted by atomic mass is 9.46. The van der Waals surface area contributed by atoms with Crippen molar-refractivity contribution in [1.29, 1.82) is 0 Å². The molecule has 4 aliphatic carbocycles. The molecule has 24 heavy (non-hydrogen) atoms. The van der Waals surface area contributed by atoms with E-state index >= 15 is 0 Å². The van der Waals surface area contributed by atoms with E-state index in [1.807, 2.05) is 6.08 Å². The number of carbonyl (C=O) groups excluding carboxylic acids is 2. The number of fused-ring (bicyclic) bond motifs is 5. The Labute approximate surface area is 157 Å². The molecule has 0 saturated heterocycles. The van der Waals surface area contributed by atoms with Gasteiger partial charge in [0.25, 0.3) is 0 Å². The summed E-state index contributed by atoms with van der Waals surface area (Å²) in [4.78, 5) is 24.5. The van der Waals surface area contributed by atoms with E-state index in [0.29, 0.717) is 34.4 Å². The average molecular weight is 442 g/mol. The van der Waals surface area contributed by atoms with Crippen molar-refractivity contribution in [1.82, 2.24) is 0 Å². The lowest BCUT2D eigenvalue weighted by Crippen LogP contribution is -2.56. The molecule has 3 fully saturated rings. The zero-order chi connectivity index (χ0) is 17.1. The molecule has 0 amide bonds. The quantitative estimate of drug-likeness (QED) is 0.522. The van der Waals surface area contributed by atoms with Crippen LogP contribution in [0.3, 0.4) is 0 Å². The van der Waals surface area contributed by atoms with E-state index in [-0.39, 0.29) is 22.7 Å². The van der Waals surface area contributed by atoms with Gasteiger partial charge in [-0.15, -0.1) is 0 Å². The van der Waals surface area contributed by atoms with Gasteiger partial charge in [-0.25, -0.2) is 0 Å². The SMILES string of the molecule is C[C@]12CCC3C(CCC4=CC(=O)CC[C@@]43C(O)CI)C1CCC2=O. The molecule has 0 aromatic carbocycles. The minimum absolute atomic E-state index is 0.122. The van der Waals surface area contributed by atoms with Gasteiger partial charge < -0.3 is 5.11 Å². The summed E-state index contributed by atoms with van der Waals surface area (Å²) in [6.45, 7) is 2.19. The molecule has 6 atom stereocenters. The van der Waals surface area contributed by atoms with Crippen molar-refractivity contribution in [2.24, 2.45) is 28.6 Å². The Kier molecular flexibility index (Phi) is 4.23. The van der Waals surface area contributed by atoms with E-state index in [4.69, 9.17) is 0 Å². The Morgan fingerprint density at radius 1 is 1.17 bits per heavy atom. The summed E-state index contributed by atoms with van der Waals surface area (Å²) in [5.41, 5.74) is 0.894. The number of Topliss-reactive ketones (excluding diaryl/α,β-unsaturated/α-hetero) is 1. The second kappa shape index (κ2) is 5.90. The summed E-state index contributed by atoms with van der Waals surface area (Å²) in [6.07, 6.45) is 8.67. The molecular formula is C20H27IO3. The summed E-state index contributed by atoms with van der Waals surface area (Å²) in [6, 6.07) is 0. The normalized spacial score (nSPS) is 46.0. The fourth-order valence-electron chi connectivity index (χ4n) is 6.81. The first-order valence-corrected chi connectivity index (χ1v) is 11.0. The monoisotopic (exact) mass is 442 g/mol. The Morgan fingerprint density at radius 2 is 1.96 bits per heavy atom. The lowest BCUT2D eigenvalue weighted by molar-refractivity contribution is -0.136. The molecule has 0 aliphatic heterocycles. The molecule has 4 aliphatic rings. The fraction of sp³-hybridized carbons (Fsp3) is 0.800. The van der Waals surface area contributed by atoms with E-state index in [9.17, 15) is 14.7 Å². The van der Waals surface area contributed by atoms with Crippen LogP contribution in [0.5, 0.6) is 0 Å². The van der Waals surface area contributed by atoms with Crippen LogP contribution in [0.4, 0.5) is 0 Å². The smallest absolute Gasteiger partial charge is 0.155 e. The van der Waals surface area contributed by atoms with Gasteiger partial charge in [0.1, 0.15) is 5.78 Å². The van der Waals surface area contributed by atoms with Gasteiger partial charge in [0.15, 0.2) is 5.78 Å². The van der Waals surface area contributed by atoms with Crippen molar-refractivity contribution in [2.75, 3.05) is 4.43 Å². The molecule has 3 saturated carbocycles. The van der Waals surface area contributed by atoms with Crippen LogP contribution in [0.25, 0.3) is 0 Å². The van der Waals surface area contributed by atoms with Crippen molar-refractivity contribution in [3.8, 4) is 0 Å². The number of ketones is 2. The zero-order valence-electron chi connectivity index (χ0n) is 14.4. The number of aliphatic hydroxyl groups excluding tert-OH is 1. The molecule has 4 heteroatoms. The van der Waals surface area contributed by atoms with Gasteiger partial charge in [0.05, 0.1) is 6.10 Å². The first kappa shape index (κ1) is 17.2. The number of alkyl halides is 1. The molecule has 0 radical (unpaired) electrons. The predicted octanol–water partition coefficient (Wildman–Crippen LogP) is 3.86. The molecule has 0 aromatic rings. The molecule has 1 N–H and O–H groups in total. The van der Waals surface area contributed by atoms with Gasteiger partial charge in [-0.2, -0.15) is 0 Å². The van der Waals surface area contributed by atoms with Gasteiger partial charge in [0.2, 0.25) is 0 Å². The van der Waals surface area contributed by atoms with Crippen molar-refractivity contribution >= 4 is 34.2 Å². The van der Waals surface area contributed by atoms with Crippen LogP contribution in [0.1, 0.15) is 58.3 Å². The van der Waals surface area contributed by atoms with Gasteiger partial charge >= 0.3 is 0 Å². The van der Waals surface area contributed by atoms with Crippen LogP contribution in [0, 0.1) is 28.6 Å². The summed E-state index contributed by atoms with van der Waals surface area (Å²) >= 11 is 2.29. The van der Waals surface area contributed by atoms with Crippen LogP contribution in [0.15, 0.2) is 11.6 Å². The largest absolute Gasteiger partial charge is 0.391 e. The van der Waals surface area contributed by atoms with Crippen LogP contribution in [0.2, 0.25) is 0 Å². The Morgan fingerprint density at radius 3 is 2.71 bits per heavy atom. The van der Waals surface area contributed by atoms with E-state index in [2.05, 4.69) is 29.5 Å². The molecule has 0 spiro atoms. The second-order valence-corrected chi connectivity index (χ2v) is 9.56. The first-order valence-electron chi connectivity index (χ1n) is 9.44. The maximum absolute atomic E-state index is 12.5. The maximum atomic E-state index is 12.5. The topological polar surface area (TPSA) is 54.4 Å². The van der Waals surface area contributed by atoms with Gasteiger partial charge in [0, 0.05) is 28.1 Å². The highest BCUT2D eigenvalue weighted by molar-refractivity contribution is 14.1. The third-order valence-corrected chi connectivity index (χ3v) is 8.85. The highest BCUT2D eigenvalue weighted by Crippen LogP contribution is 2.65. The standard InChI is InChI=1S/C20H27IO3/c1-19-8-7-16-14(15(19)4-5-17(19)23)3-2-12-10-13(22)6-9-20(12,16)18(24)11-21/h10,14-16,18,24H,2-9,11H2,1H3/t14?,15?,16?,18?,19-,20+/m0/s1. The Balaban J connectivity index is 1.76. The van der Waals surface area contributed by atoms with E-state index < -0.39 is 0 Å². The van der Waals surface area contributed by atoms with Crippen LogP contribution in [-0.2, 0) is 9.59 Å². The molecule has 4 rings (SSSR count). The number of hydrogen-bond acceptors (Lipinski definition) is 3. The number of hydrogen-bond donors (Lipinski definition) is 1. The average Bonchev–Trinajstić information content (AvgIpc) is 2.89. The number of aliphatic hydroxyl groups is 1. The molecule has 0 aromatic heterocycles. The molecule has 3 nitrogen and oxygen atoms in total. The number of halogens is 1. The number of carbonyl (C=O) groups is 2. The van der Waals surface area contributed by atoms with Crippen molar-refractivity contribution < 1.29 is 14.7 Å². The Bertz CT molecular complexity index is 612. The van der Waals surface area contributed by atoms with Gasteiger partial charge in [-0.05, 0) is 62.4 Å². The van der Waals surface area contributed by atoms with Crippen molar-refractivity contribution in [3.05, 3.63) is 11.6 Å².